The van der Waals surface area contributed by atoms with E-state index in [1.165, 1.54) is 0 Å². The highest BCUT2D eigenvalue weighted by molar-refractivity contribution is 7.32. The number of rotatable bonds is 5. The molecular formula is C5H9O5P. The van der Waals surface area contributed by atoms with Crippen LogP contribution in [-0.4, -0.2) is 24.1 Å². The topological polar surface area (TPSA) is 72.8 Å². The van der Waals surface area contributed by atoms with Crippen LogP contribution < -0.4 is 0 Å². The lowest BCUT2D eigenvalue weighted by Gasteiger charge is -1.99. The van der Waals surface area contributed by atoms with Crippen molar-refractivity contribution in [2.45, 2.75) is 0 Å². The molecule has 0 rings (SSSR count). The van der Waals surface area contributed by atoms with Gasteiger partial charge in [-0.2, -0.15) is 0 Å². The molecule has 0 aliphatic rings. The molecule has 0 amide bonds. The normalized spacial score (nSPS) is 12.1. The first-order valence-corrected chi connectivity index (χ1v) is 4.08. The van der Waals surface area contributed by atoms with Gasteiger partial charge in [-0.3, -0.25) is 4.57 Å². The molecule has 0 saturated heterocycles. The molecule has 0 aromatic carbocycles. The molecule has 0 aliphatic carbocycles. The van der Waals surface area contributed by atoms with Gasteiger partial charge in [-0.25, -0.2) is 4.79 Å². The van der Waals surface area contributed by atoms with Crippen molar-refractivity contribution < 1.29 is 23.5 Å². The number of ether oxygens (including phenoxy) is 1. The molecule has 6 heteroatoms. The molecule has 0 spiro atoms. The smallest absolute Gasteiger partial charge is 0.330 e. The van der Waals surface area contributed by atoms with E-state index in [0.29, 0.717) is 0 Å². The summed E-state index contributed by atoms with van der Waals surface area (Å²) in [5.41, 5.74) is 0. The average Bonchev–Trinajstić information content (AvgIpc) is 1.97. The predicted molar refractivity (Wildman–Crippen MR) is 38.3 cm³/mol. The molecular weight excluding hydrogens is 171 g/mol. The zero-order valence-electron chi connectivity index (χ0n) is 5.78. The highest BCUT2D eigenvalue weighted by atomic mass is 31.1. The van der Waals surface area contributed by atoms with Crippen LogP contribution in [0.2, 0.25) is 0 Å². The minimum atomic E-state index is -2.91. The maximum absolute atomic E-state index is 10.3. The molecule has 0 radical (unpaired) electrons. The Morgan fingerprint density at radius 3 is 2.73 bits per heavy atom. The molecule has 1 unspecified atom stereocenters. The van der Waals surface area contributed by atoms with E-state index in [1.807, 2.05) is 0 Å². The molecule has 11 heavy (non-hydrogen) atoms. The zero-order chi connectivity index (χ0) is 8.69. The minimum Gasteiger partial charge on any atom is -0.460 e. The molecule has 5 nitrogen and oxygen atoms in total. The molecule has 0 bridgehead atoms. The van der Waals surface area contributed by atoms with Gasteiger partial charge in [0.15, 0.2) is 0 Å². The molecule has 64 valence electrons. The Kier molecular flexibility index (Phi) is 5.74. The van der Waals surface area contributed by atoms with Crippen LogP contribution >= 0.6 is 8.25 Å². The van der Waals surface area contributed by atoms with Crippen LogP contribution in [0.5, 0.6) is 0 Å². The number of carbonyl (C=O) groups is 1. The van der Waals surface area contributed by atoms with E-state index in [-0.39, 0.29) is 13.2 Å². The minimum absolute atomic E-state index is 0.0399. The first kappa shape index (κ1) is 10.4. The second-order valence-corrected chi connectivity index (χ2v) is 2.31. The number of hydrogen-bond acceptors (Lipinski definition) is 4. The molecule has 1 N–H and O–H groups in total. The highest BCUT2D eigenvalue weighted by Gasteiger charge is 1.95. The van der Waals surface area contributed by atoms with Crippen molar-refractivity contribution in [1.82, 2.24) is 0 Å². The van der Waals surface area contributed by atoms with Crippen molar-refractivity contribution >= 4 is 14.2 Å². The number of esters is 1. The zero-order valence-corrected chi connectivity index (χ0v) is 6.78. The SMILES string of the molecule is C=CC(=O)OCCO[PH](=O)O. The van der Waals surface area contributed by atoms with Gasteiger partial charge in [-0.05, 0) is 0 Å². The second-order valence-electron chi connectivity index (χ2n) is 1.49. The molecule has 0 aromatic heterocycles. The Morgan fingerprint density at radius 1 is 1.64 bits per heavy atom. The van der Waals surface area contributed by atoms with Crippen molar-refractivity contribution in [3.8, 4) is 0 Å². The third-order valence-electron chi connectivity index (χ3n) is 0.720. The van der Waals surface area contributed by atoms with Gasteiger partial charge >= 0.3 is 14.2 Å². The van der Waals surface area contributed by atoms with Gasteiger partial charge in [-0.1, -0.05) is 6.58 Å². The van der Waals surface area contributed by atoms with Crippen LogP contribution in [0.1, 0.15) is 0 Å². The van der Waals surface area contributed by atoms with Crippen LogP contribution in [0.25, 0.3) is 0 Å². The standard InChI is InChI=1S/C5H9O5P/c1-2-5(6)9-3-4-10-11(7)8/h2,11H,1,3-4H2,(H,7,8). The maximum atomic E-state index is 10.3. The van der Waals surface area contributed by atoms with Crippen LogP contribution in [-0.2, 0) is 18.6 Å². The van der Waals surface area contributed by atoms with Gasteiger partial charge in [0.1, 0.15) is 6.61 Å². The third-order valence-corrected chi connectivity index (χ3v) is 1.17. The first-order valence-electron chi connectivity index (χ1n) is 2.81. The van der Waals surface area contributed by atoms with Gasteiger partial charge < -0.3 is 14.2 Å². The lowest BCUT2D eigenvalue weighted by molar-refractivity contribution is -0.138. The van der Waals surface area contributed by atoms with Crippen LogP contribution in [0.15, 0.2) is 12.7 Å². The summed E-state index contributed by atoms with van der Waals surface area (Å²) in [5.74, 6) is -0.578. The Balaban J connectivity index is 3.21. The summed E-state index contributed by atoms with van der Waals surface area (Å²) in [7, 11) is -2.91. The van der Waals surface area contributed by atoms with E-state index in [1.54, 1.807) is 0 Å². The molecule has 1 atom stereocenters. The third kappa shape index (κ3) is 7.25. The van der Waals surface area contributed by atoms with E-state index in [4.69, 9.17) is 4.89 Å². The van der Waals surface area contributed by atoms with Gasteiger partial charge in [0.25, 0.3) is 0 Å². The first-order chi connectivity index (χ1) is 5.16. The quantitative estimate of drug-likeness (QED) is 0.281. The van der Waals surface area contributed by atoms with Crippen molar-refractivity contribution in [2.24, 2.45) is 0 Å². The van der Waals surface area contributed by atoms with E-state index in [2.05, 4.69) is 15.8 Å². The summed E-state index contributed by atoms with van der Waals surface area (Å²) in [6.45, 7) is 3.04. The monoisotopic (exact) mass is 180 g/mol. The van der Waals surface area contributed by atoms with Crippen molar-refractivity contribution in [3.05, 3.63) is 12.7 Å². The van der Waals surface area contributed by atoms with Gasteiger partial charge in [0, 0.05) is 6.08 Å². The lowest BCUT2D eigenvalue weighted by Crippen LogP contribution is -2.05. The Hall–Kier alpha value is -0.640. The fraction of sp³-hybridized carbons (Fsp3) is 0.400. The molecule has 0 saturated carbocycles. The van der Waals surface area contributed by atoms with Gasteiger partial charge in [0.2, 0.25) is 0 Å². The Bertz CT molecular complexity index is 166. The highest BCUT2D eigenvalue weighted by Crippen LogP contribution is 2.12. The maximum Gasteiger partial charge on any atom is 0.330 e. The van der Waals surface area contributed by atoms with E-state index in [0.717, 1.165) is 6.08 Å². The summed E-state index contributed by atoms with van der Waals surface area (Å²) in [6, 6.07) is 0. The van der Waals surface area contributed by atoms with Crippen LogP contribution in [0.3, 0.4) is 0 Å². The Morgan fingerprint density at radius 2 is 2.27 bits per heavy atom. The molecule has 0 fully saturated rings. The summed E-state index contributed by atoms with van der Waals surface area (Å²) >= 11 is 0. The summed E-state index contributed by atoms with van der Waals surface area (Å²) in [5, 5.41) is 0. The van der Waals surface area contributed by atoms with Gasteiger partial charge in [-0.15, -0.1) is 0 Å². The number of hydrogen-bond donors (Lipinski definition) is 1. The van der Waals surface area contributed by atoms with Crippen LogP contribution in [0, 0.1) is 0 Å². The molecule has 0 heterocycles. The fourth-order valence-electron chi connectivity index (χ4n) is 0.330. The van der Waals surface area contributed by atoms with E-state index < -0.39 is 14.2 Å². The van der Waals surface area contributed by atoms with Crippen molar-refractivity contribution in [3.63, 3.8) is 0 Å². The van der Waals surface area contributed by atoms with E-state index >= 15 is 0 Å². The van der Waals surface area contributed by atoms with Crippen molar-refractivity contribution in [1.29, 1.82) is 0 Å². The summed E-state index contributed by atoms with van der Waals surface area (Å²) in [6.07, 6.45) is 1.00. The predicted octanol–water partition coefficient (Wildman–Crippen LogP) is 0.114. The van der Waals surface area contributed by atoms with Crippen LogP contribution in [0.4, 0.5) is 0 Å². The molecule has 0 aromatic rings. The fourth-order valence-corrected chi connectivity index (χ4v) is 0.588. The second kappa shape index (κ2) is 6.09. The number of carbonyl (C=O) groups excluding carboxylic acids is 1. The van der Waals surface area contributed by atoms with Gasteiger partial charge in [0.05, 0.1) is 6.61 Å². The largest absolute Gasteiger partial charge is 0.460 e. The Labute approximate surface area is 64.6 Å². The lowest BCUT2D eigenvalue weighted by atomic mass is 10.6. The van der Waals surface area contributed by atoms with E-state index in [9.17, 15) is 9.36 Å². The average molecular weight is 180 g/mol. The summed E-state index contributed by atoms with van der Waals surface area (Å²) in [4.78, 5) is 18.5. The molecule has 0 aliphatic heterocycles. The summed E-state index contributed by atoms with van der Waals surface area (Å²) < 4.78 is 18.6. The van der Waals surface area contributed by atoms with Crippen molar-refractivity contribution in [2.75, 3.05) is 13.2 Å².